The standard InChI is InChI=1S/C12H20N2O3/c1-11(4-2-3-7-14-11)9(15)13-8-12(5-6-12)10(16)17/h14H,2-8H2,1H3,(H,13,15)(H,16,17). The summed E-state index contributed by atoms with van der Waals surface area (Å²) in [5.41, 5.74) is -1.20. The van der Waals surface area contributed by atoms with Gasteiger partial charge in [-0.05, 0) is 45.6 Å². The van der Waals surface area contributed by atoms with Gasteiger partial charge in [-0.3, -0.25) is 9.59 Å². The van der Waals surface area contributed by atoms with Gasteiger partial charge in [0.2, 0.25) is 5.91 Å². The number of carboxylic acid groups (broad SMARTS) is 1. The predicted octanol–water partition coefficient (Wildman–Crippen LogP) is 0.500. The van der Waals surface area contributed by atoms with Crippen molar-refractivity contribution in [3.63, 3.8) is 0 Å². The average molecular weight is 240 g/mol. The highest BCUT2D eigenvalue weighted by Gasteiger charge is 2.51. The van der Waals surface area contributed by atoms with E-state index in [4.69, 9.17) is 5.11 Å². The van der Waals surface area contributed by atoms with E-state index in [2.05, 4.69) is 10.6 Å². The van der Waals surface area contributed by atoms with E-state index in [0.717, 1.165) is 25.8 Å². The minimum Gasteiger partial charge on any atom is -0.481 e. The van der Waals surface area contributed by atoms with E-state index in [0.29, 0.717) is 12.8 Å². The van der Waals surface area contributed by atoms with Crippen LogP contribution in [-0.4, -0.2) is 35.6 Å². The Morgan fingerprint density at radius 3 is 2.47 bits per heavy atom. The van der Waals surface area contributed by atoms with Gasteiger partial charge in [0.05, 0.1) is 11.0 Å². The van der Waals surface area contributed by atoms with Gasteiger partial charge in [0, 0.05) is 6.54 Å². The largest absolute Gasteiger partial charge is 0.481 e. The highest BCUT2D eigenvalue weighted by atomic mass is 16.4. The molecule has 1 amide bonds. The highest BCUT2D eigenvalue weighted by molar-refractivity contribution is 5.87. The first-order chi connectivity index (χ1) is 7.99. The molecule has 1 aliphatic carbocycles. The van der Waals surface area contributed by atoms with Crippen molar-refractivity contribution >= 4 is 11.9 Å². The minimum atomic E-state index is -0.792. The molecule has 2 rings (SSSR count). The van der Waals surface area contributed by atoms with Crippen molar-refractivity contribution in [2.45, 2.75) is 44.6 Å². The van der Waals surface area contributed by atoms with Gasteiger partial charge >= 0.3 is 5.97 Å². The molecule has 2 aliphatic rings. The van der Waals surface area contributed by atoms with E-state index in [1.165, 1.54) is 0 Å². The molecule has 3 N–H and O–H groups in total. The molecule has 2 fully saturated rings. The fourth-order valence-corrected chi connectivity index (χ4v) is 2.31. The maximum Gasteiger partial charge on any atom is 0.311 e. The van der Waals surface area contributed by atoms with E-state index in [1.54, 1.807) is 0 Å². The van der Waals surface area contributed by atoms with Crippen molar-refractivity contribution in [3.05, 3.63) is 0 Å². The summed E-state index contributed by atoms with van der Waals surface area (Å²) in [4.78, 5) is 23.0. The summed E-state index contributed by atoms with van der Waals surface area (Å²) in [7, 11) is 0. The number of amides is 1. The van der Waals surface area contributed by atoms with Gasteiger partial charge in [-0.2, -0.15) is 0 Å². The van der Waals surface area contributed by atoms with Gasteiger partial charge in [0.25, 0.3) is 0 Å². The second kappa shape index (κ2) is 4.29. The lowest BCUT2D eigenvalue weighted by Gasteiger charge is -2.33. The third-order valence-corrected chi connectivity index (χ3v) is 4.01. The molecule has 0 radical (unpaired) electrons. The van der Waals surface area contributed by atoms with E-state index in [9.17, 15) is 9.59 Å². The van der Waals surface area contributed by atoms with Crippen LogP contribution in [0.5, 0.6) is 0 Å². The number of carbonyl (C=O) groups excluding carboxylic acids is 1. The van der Waals surface area contributed by atoms with Crippen molar-refractivity contribution in [1.82, 2.24) is 10.6 Å². The zero-order chi connectivity index (χ0) is 12.5. The maximum atomic E-state index is 12.1. The van der Waals surface area contributed by atoms with Crippen LogP contribution in [0.1, 0.15) is 39.0 Å². The van der Waals surface area contributed by atoms with Gasteiger partial charge in [-0.25, -0.2) is 0 Å². The molecule has 0 spiro atoms. The number of carboxylic acids is 1. The van der Waals surface area contributed by atoms with Crippen LogP contribution in [0.2, 0.25) is 0 Å². The topological polar surface area (TPSA) is 78.4 Å². The smallest absolute Gasteiger partial charge is 0.311 e. The summed E-state index contributed by atoms with van der Waals surface area (Å²) in [5, 5.41) is 15.0. The first-order valence-corrected chi connectivity index (χ1v) is 6.25. The zero-order valence-electron chi connectivity index (χ0n) is 10.2. The Kier molecular flexibility index (Phi) is 3.12. The Labute approximate surface area is 101 Å². The summed E-state index contributed by atoms with van der Waals surface area (Å²) in [6, 6.07) is 0. The van der Waals surface area contributed by atoms with Gasteiger partial charge in [0.15, 0.2) is 0 Å². The molecule has 5 heteroatoms. The molecule has 5 nitrogen and oxygen atoms in total. The molecule has 1 heterocycles. The minimum absolute atomic E-state index is 0.0651. The van der Waals surface area contributed by atoms with Gasteiger partial charge in [-0.15, -0.1) is 0 Å². The third kappa shape index (κ3) is 2.44. The lowest BCUT2D eigenvalue weighted by molar-refractivity contribution is -0.143. The molecule has 1 aliphatic heterocycles. The molecule has 1 saturated carbocycles. The van der Waals surface area contributed by atoms with Crippen molar-refractivity contribution in [1.29, 1.82) is 0 Å². The molecule has 96 valence electrons. The highest BCUT2D eigenvalue weighted by Crippen LogP contribution is 2.45. The molecule has 0 aromatic carbocycles. The molecule has 17 heavy (non-hydrogen) atoms. The van der Waals surface area contributed by atoms with Crippen LogP contribution in [-0.2, 0) is 9.59 Å². The SMILES string of the molecule is CC1(C(=O)NCC2(C(=O)O)CC2)CCCCN1. The molecule has 1 saturated heterocycles. The fraction of sp³-hybridized carbons (Fsp3) is 0.833. The van der Waals surface area contributed by atoms with E-state index >= 15 is 0 Å². The molecule has 1 unspecified atom stereocenters. The second-order valence-electron chi connectivity index (χ2n) is 5.48. The number of nitrogens with one attached hydrogen (secondary N) is 2. The number of rotatable bonds is 4. The molecule has 0 bridgehead atoms. The summed E-state index contributed by atoms with van der Waals surface area (Å²) in [6.07, 6.45) is 4.31. The maximum absolute atomic E-state index is 12.1. The normalized spacial score (nSPS) is 30.6. The fourth-order valence-electron chi connectivity index (χ4n) is 2.31. The van der Waals surface area contributed by atoms with Crippen molar-refractivity contribution < 1.29 is 14.7 Å². The van der Waals surface area contributed by atoms with E-state index in [-0.39, 0.29) is 12.5 Å². The molecule has 0 aromatic rings. The summed E-state index contributed by atoms with van der Waals surface area (Å²) >= 11 is 0. The number of piperidine rings is 1. The molecule has 1 atom stereocenters. The van der Waals surface area contributed by atoms with Gasteiger partial charge < -0.3 is 15.7 Å². The Morgan fingerprint density at radius 2 is 2.00 bits per heavy atom. The molecular weight excluding hydrogens is 220 g/mol. The zero-order valence-corrected chi connectivity index (χ0v) is 10.2. The monoisotopic (exact) mass is 240 g/mol. The van der Waals surface area contributed by atoms with Crippen LogP contribution >= 0.6 is 0 Å². The number of hydrogen-bond donors (Lipinski definition) is 3. The Balaban J connectivity index is 1.87. The van der Waals surface area contributed by atoms with Crippen LogP contribution < -0.4 is 10.6 Å². The number of hydrogen-bond acceptors (Lipinski definition) is 3. The van der Waals surface area contributed by atoms with Crippen LogP contribution in [0.15, 0.2) is 0 Å². The third-order valence-electron chi connectivity index (χ3n) is 4.01. The van der Waals surface area contributed by atoms with E-state index < -0.39 is 16.9 Å². The number of carbonyl (C=O) groups is 2. The summed E-state index contributed by atoms with van der Waals surface area (Å²) in [6.45, 7) is 3.01. The van der Waals surface area contributed by atoms with Crippen LogP contribution in [0, 0.1) is 5.41 Å². The molecular formula is C12H20N2O3. The van der Waals surface area contributed by atoms with Crippen molar-refractivity contribution in [2.24, 2.45) is 5.41 Å². The molecule has 0 aromatic heterocycles. The van der Waals surface area contributed by atoms with Gasteiger partial charge in [0.1, 0.15) is 0 Å². The Bertz CT molecular complexity index is 331. The van der Waals surface area contributed by atoms with Crippen LogP contribution in [0.25, 0.3) is 0 Å². The van der Waals surface area contributed by atoms with Crippen molar-refractivity contribution in [3.8, 4) is 0 Å². The average Bonchev–Trinajstić information content (AvgIpc) is 3.08. The van der Waals surface area contributed by atoms with Crippen molar-refractivity contribution in [2.75, 3.05) is 13.1 Å². The lowest BCUT2D eigenvalue weighted by Crippen LogP contribution is -2.57. The summed E-state index contributed by atoms with van der Waals surface area (Å²) < 4.78 is 0. The predicted molar refractivity (Wildman–Crippen MR) is 62.6 cm³/mol. The van der Waals surface area contributed by atoms with Gasteiger partial charge in [-0.1, -0.05) is 0 Å². The second-order valence-corrected chi connectivity index (χ2v) is 5.48. The quantitative estimate of drug-likeness (QED) is 0.668. The van der Waals surface area contributed by atoms with E-state index in [1.807, 2.05) is 6.92 Å². The Morgan fingerprint density at radius 1 is 1.29 bits per heavy atom. The van der Waals surface area contributed by atoms with Crippen LogP contribution in [0.4, 0.5) is 0 Å². The van der Waals surface area contributed by atoms with Crippen LogP contribution in [0.3, 0.4) is 0 Å². The summed E-state index contributed by atoms with van der Waals surface area (Å²) in [5.74, 6) is -0.857. The Hall–Kier alpha value is -1.10. The first kappa shape index (κ1) is 12.4. The number of aliphatic carboxylic acids is 1. The lowest BCUT2D eigenvalue weighted by atomic mass is 9.90. The first-order valence-electron chi connectivity index (χ1n) is 6.25.